The number of benzene rings is 1. The smallest absolute Gasteiger partial charge is 0.219 e. The van der Waals surface area contributed by atoms with E-state index in [0.29, 0.717) is 6.54 Å². The summed E-state index contributed by atoms with van der Waals surface area (Å²) in [6.45, 7) is 8.59. The van der Waals surface area contributed by atoms with Crippen LogP contribution in [0.4, 0.5) is 0 Å². The molecule has 4 nitrogen and oxygen atoms in total. The lowest BCUT2D eigenvalue weighted by Gasteiger charge is -2.41. The van der Waals surface area contributed by atoms with Crippen molar-refractivity contribution in [2.45, 2.75) is 13.0 Å². The average Bonchev–Trinajstić information content (AvgIpc) is 2.47. The first-order valence-electron chi connectivity index (χ1n) is 6.90. The molecule has 0 saturated carbocycles. The molecule has 1 aliphatic rings. The Morgan fingerprint density at radius 2 is 2.20 bits per heavy atom. The minimum Gasteiger partial charge on any atom is -0.496 e. The zero-order chi connectivity index (χ0) is 14.5. The topological polar surface area (TPSA) is 32.8 Å². The number of carbonyl (C=O) groups is 1. The fourth-order valence-corrected chi connectivity index (χ4v) is 2.73. The number of nitrogens with zero attached hydrogens (tertiary/aromatic N) is 2. The van der Waals surface area contributed by atoms with Crippen LogP contribution in [0.1, 0.15) is 18.5 Å². The van der Waals surface area contributed by atoms with E-state index in [9.17, 15) is 4.79 Å². The summed E-state index contributed by atoms with van der Waals surface area (Å²) in [5.41, 5.74) is 1.13. The number of ether oxygens (including phenoxy) is 1. The van der Waals surface area contributed by atoms with Crippen LogP contribution in [0.15, 0.2) is 36.9 Å². The Kier molecular flexibility index (Phi) is 4.79. The van der Waals surface area contributed by atoms with Gasteiger partial charge in [-0.1, -0.05) is 24.3 Å². The highest BCUT2D eigenvalue weighted by Gasteiger charge is 2.30. The maximum atomic E-state index is 11.7. The van der Waals surface area contributed by atoms with E-state index < -0.39 is 0 Å². The van der Waals surface area contributed by atoms with Gasteiger partial charge in [-0.25, -0.2) is 0 Å². The largest absolute Gasteiger partial charge is 0.496 e. The van der Waals surface area contributed by atoms with Crippen molar-refractivity contribution in [1.29, 1.82) is 0 Å². The summed E-state index contributed by atoms with van der Waals surface area (Å²) >= 11 is 0. The van der Waals surface area contributed by atoms with Crippen molar-refractivity contribution in [2.75, 3.05) is 33.3 Å². The molecule has 4 heteroatoms. The SMILES string of the molecule is C=CCN1CCN(C(C)=O)C[C@@H]1c1ccccc1OC. The van der Waals surface area contributed by atoms with Crippen LogP contribution in [0.5, 0.6) is 5.75 Å². The Labute approximate surface area is 120 Å². The van der Waals surface area contributed by atoms with Crippen molar-refractivity contribution in [3.05, 3.63) is 42.5 Å². The normalized spacial score (nSPS) is 19.7. The summed E-state index contributed by atoms with van der Waals surface area (Å²) in [7, 11) is 1.68. The van der Waals surface area contributed by atoms with E-state index >= 15 is 0 Å². The van der Waals surface area contributed by atoms with E-state index in [1.54, 1.807) is 14.0 Å². The summed E-state index contributed by atoms with van der Waals surface area (Å²) in [5.74, 6) is 1.00. The van der Waals surface area contributed by atoms with Crippen LogP contribution in [-0.2, 0) is 4.79 Å². The van der Waals surface area contributed by atoms with Gasteiger partial charge in [-0.3, -0.25) is 9.69 Å². The van der Waals surface area contributed by atoms with Crippen LogP contribution < -0.4 is 4.74 Å². The standard InChI is InChI=1S/C16H22N2O2/c1-4-9-17-10-11-18(13(2)19)12-15(17)14-7-5-6-8-16(14)20-3/h4-8,15H,1,9-12H2,2-3H3/t15-/m1/s1. The maximum Gasteiger partial charge on any atom is 0.219 e. The number of amides is 1. The molecule has 1 saturated heterocycles. The molecular formula is C16H22N2O2. The monoisotopic (exact) mass is 274 g/mol. The van der Waals surface area contributed by atoms with Crippen molar-refractivity contribution in [1.82, 2.24) is 9.80 Å². The number of rotatable bonds is 4. The van der Waals surface area contributed by atoms with E-state index in [4.69, 9.17) is 4.74 Å². The van der Waals surface area contributed by atoms with E-state index in [0.717, 1.165) is 30.9 Å². The summed E-state index contributed by atoms with van der Waals surface area (Å²) in [6, 6.07) is 8.17. The zero-order valence-corrected chi connectivity index (χ0v) is 12.2. The lowest BCUT2D eigenvalue weighted by Crippen LogP contribution is -2.49. The summed E-state index contributed by atoms with van der Waals surface area (Å²) < 4.78 is 5.46. The Morgan fingerprint density at radius 1 is 1.45 bits per heavy atom. The fourth-order valence-electron chi connectivity index (χ4n) is 2.73. The van der Waals surface area contributed by atoms with Crippen LogP contribution in [0, 0.1) is 0 Å². The molecule has 0 aromatic heterocycles. The van der Waals surface area contributed by atoms with Crippen LogP contribution in [0.3, 0.4) is 0 Å². The Hall–Kier alpha value is -1.81. The third kappa shape index (κ3) is 3.02. The minimum absolute atomic E-state index is 0.128. The van der Waals surface area contributed by atoms with Gasteiger partial charge in [0.25, 0.3) is 0 Å². The molecule has 1 aromatic rings. The predicted octanol–water partition coefficient (Wildman–Crippen LogP) is 2.09. The summed E-state index contributed by atoms with van der Waals surface area (Å²) in [4.78, 5) is 15.9. The highest BCUT2D eigenvalue weighted by atomic mass is 16.5. The van der Waals surface area contributed by atoms with Crippen LogP contribution in [0.2, 0.25) is 0 Å². The summed E-state index contributed by atoms with van der Waals surface area (Å²) in [6.07, 6.45) is 1.91. The molecule has 2 rings (SSSR count). The van der Waals surface area contributed by atoms with E-state index in [2.05, 4.69) is 17.5 Å². The van der Waals surface area contributed by atoms with Gasteiger partial charge in [0.2, 0.25) is 5.91 Å². The third-order valence-corrected chi connectivity index (χ3v) is 3.80. The first-order chi connectivity index (χ1) is 9.67. The van der Waals surface area contributed by atoms with Gasteiger partial charge in [0.05, 0.1) is 13.2 Å². The van der Waals surface area contributed by atoms with Gasteiger partial charge in [0, 0.05) is 38.7 Å². The quantitative estimate of drug-likeness (QED) is 0.788. The number of carbonyl (C=O) groups excluding carboxylic acids is 1. The molecule has 0 N–H and O–H groups in total. The summed E-state index contributed by atoms with van der Waals surface area (Å²) in [5, 5.41) is 0. The predicted molar refractivity (Wildman–Crippen MR) is 79.8 cm³/mol. The highest BCUT2D eigenvalue weighted by Crippen LogP contribution is 2.31. The van der Waals surface area contributed by atoms with E-state index in [-0.39, 0.29) is 11.9 Å². The number of hydrogen-bond acceptors (Lipinski definition) is 3. The minimum atomic E-state index is 0.128. The first kappa shape index (κ1) is 14.6. The Bertz CT molecular complexity index is 487. The number of hydrogen-bond donors (Lipinski definition) is 0. The Balaban J connectivity index is 2.30. The van der Waals surface area contributed by atoms with Gasteiger partial charge in [-0.15, -0.1) is 6.58 Å². The molecule has 0 radical (unpaired) electrons. The molecule has 108 valence electrons. The van der Waals surface area contributed by atoms with Gasteiger partial charge in [-0.2, -0.15) is 0 Å². The van der Waals surface area contributed by atoms with Gasteiger partial charge in [-0.05, 0) is 6.07 Å². The molecule has 0 bridgehead atoms. The zero-order valence-electron chi connectivity index (χ0n) is 12.2. The Morgan fingerprint density at radius 3 is 2.85 bits per heavy atom. The van der Waals surface area contributed by atoms with Gasteiger partial charge in [0.15, 0.2) is 0 Å². The second-order valence-corrected chi connectivity index (χ2v) is 5.01. The third-order valence-electron chi connectivity index (χ3n) is 3.80. The van der Waals surface area contributed by atoms with Crippen molar-refractivity contribution in [3.63, 3.8) is 0 Å². The van der Waals surface area contributed by atoms with E-state index in [1.807, 2.05) is 29.2 Å². The van der Waals surface area contributed by atoms with Gasteiger partial charge >= 0.3 is 0 Å². The highest BCUT2D eigenvalue weighted by molar-refractivity contribution is 5.73. The second-order valence-electron chi connectivity index (χ2n) is 5.01. The van der Waals surface area contributed by atoms with Crippen molar-refractivity contribution >= 4 is 5.91 Å². The molecule has 0 unspecified atom stereocenters. The molecule has 20 heavy (non-hydrogen) atoms. The van der Waals surface area contributed by atoms with Gasteiger partial charge in [0.1, 0.15) is 5.75 Å². The number of methoxy groups -OCH3 is 1. The average molecular weight is 274 g/mol. The number of para-hydroxylation sites is 1. The maximum absolute atomic E-state index is 11.7. The lowest BCUT2D eigenvalue weighted by atomic mass is 10.0. The van der Waals surface area contributed by atoms with E-state index in [1.165, 1.54) is 0 Å². The van der Waals surface area contributed by atoms with Crippen molar-refractivity contribution in [3.8, 4) is 5.75 Å². The lowest BCUT2D eigenvalue weighted by molar-refractivity contribution is -0.131. The number of piperazine rings is 1. The van der Waals surface area contributed by atoms with Crippen molar-refractivity contribution < 1.29 is 9.53 Å². The van der Waals surface area contributed by atoms with Crippen LogP contribution >= 0.6 is 0 Å². The molecule has 0 spiro atoms. The van der Waals surface area contributed by atoms with Crippen molar-refractivity contribution in [2.24, 2.45) is 0 Å². The molecule has 1 amide bonds. The molecule has 1 aliphatic heterocycles. The molecule has 1 fully saturated rings. The van der Waals surface area contributed by atoms with Gasteiger partial charge < -0.3 is 9.64 Å². The first-order valence-corrected chi connectivity index (χ1v) is 6.90. The molecule has 1 aromatic carbocycles. The molecule has 0 aliphatic carbocycles. The fraction of sp³-hybridized carbons (Fsp3) is 0.438. The molecular weight excluding hydrogens is 252 g/mol. The van der Waals surface area contributed by atoms with Crippen LogP contribution in [-0.4, -0.2) is 49.0 Å². The van der Waals surface area contributed by atoms with Crippen LogP contribution in [0.25, 0.3) is 0 Å². The molecule has 1 atom stereocenters. The molecule has 1 heterocycles. The second kappa shape index (κ2) is 6.57.